The van der Waals surface area contributed by atoms with Crippen LogP contribution in [0.2, 0.25) is 39.0 Å². The summed E-state index contributed by atoms with van der Waals surface area (Å²) in [5.74, 6) is -0.185. The molecule has 0 aliphatic heterocycles. The molecule has 0 saturated heterocycles. The first-order valence-corrected chi connectivity index (χ1v) is 26.3. The summed E-state index contributed by atoms with van der Waals surface area (Å²) in [4.78, 5) is 12.3. The Bertz CT molecular complexity index is 752. The van der Waals surface area contributed by atoms with E-state index in [9.17, 15) is 9.90 Å². The number of ether oxygens (including phenoxy) is 1. The number of unbranched alkanes of at least 4 members (excludes halogenated alkanes) is 3. The number of aliphatic hydroxyl groups is 1. The normalized spacial score (nSPS) is 15.8. The Kier molecular flexibility index (Phi) is 19.1. The van der Waals surface area contributed by atoms with Crippen LogP contribution in [0.4, 0.5) is 0 Å². The van der Waals surface area contributed by atoms with E-state index < -0.39 is 32.6 Å². The van der Waals surface area contributed by atoms with Crippen molar-refractivity contribution in [1.29, 1.82) is 0 Å². The van der Waals surface area contributed by atoms with E-state index in [4.69, 9.17) is 4.74 Å². The quantitative estimate of drug-likeness (QED) is 0.0663. The summed E-state index contributed by atoms with van der Waals surface area (Å²) in [5.41, 5.74) is 2.74. The zero-order valence-corrected chi connectivity index (χ0v) is 29.9. The Morgan fingerprint density at radius 1 is 0.892 bits per heavy atom. The predicted octanol–water partition coefficient (Wildman–Crippen LogP) is 9.65. The first kappa shape index (κ1) is 36.4. The van der Waals surface area contributed by atoms with Crippen LogP contribution in [0.15, 0.2) is 45.1 Å². The van der Waals surface area contributed by atoms with Crippen LogP contribution in [0.3, 0.4) is 0 Å². The first-order chi connectivity index (χ1) is 17.3. The second-order valence-corrected chi connectivity index (χ2v) is 31.1. The third-order valence-electron chi connectivity index (χ3n) is 7.10. The molecule has 0 saturated carbocycles. The fourth-order valence-corrected chi connectivity index (χ4v) is 19.7. The van der Waals surface area contributed by atoms with Gasteiger partial charge >= 0.3 is 196 Å². The molecule has 0 aromatic heterocycles. The molecule has 2 atom stereocenters. The third kappa shape index (κ3) is 17.6. The van der Waals surface area contributed by atoms with Gasteiger partial charge in [-0.3, -0.25) is 0 Å². The van der Waals surface area contributed by atoms with Gasteiger partial charge in [-0.15, -0.1) is 0 Å². The van der Waals surface area contributed by atoms with Crippen LogP contribution in [0.25, 0.3) is 0 Å². The fourth-order valence-electron chi connectivity index (χ4n) is 4.62. The number of carbonyl (C=O) groups is 1. The SMILES string of the molecule is CCC[CH2][Sn](/[CH]=C/[C@@H](O)[C@H](C)/C=C(C)/C=C(C)/C=C(\C)C(=O)OCC[Si](C)(C)C)([CH2]CCC)[CH2]CCC. The van der Waals surface area contributed by atoms with Crippen molar-refractivity contribution in [3.05, 3.63) is 45.1 Å². The van der Waals surface area contributed by atoms with Crippen molar-refractivity contribution < 1.29 is 14.6 Å². The van der Waals surface area contributed by atoms with E-state index in [1.54, 1.807) is 0 Å². The van der Waals surface area contributed by atoms with Crippen molar-refractivity contribution in [2.24, 2.45) is 5.92 Å². The van der Waals surface area contributed by atoms with E-state index in [-0.39, 0.29) is 11.9 Å². The Balaban J connectivity index is 5.36. The van der Waals surface area contributed by atoms with Gasteiger partial charge in [-0.05, 0) is 6.04 Å². The summed E-state index contributed by atoms with van der Waals surface area (Å²) in [5, 5.41) is 11.0. The van der Waals surface area contributed by atoms with Crippen LogP contribution in [-0.2, 0) is 9.53 Å². The Morgan fingerprint density at radius 3 is 1.86 bits per heavy atom. The van der Waals surface area contributed by atoms with Crippen molar-refractivity contribution in [2.45, 2.75) is 132 Å². The van der Waals surface area contributed by atoms with Gasteiger partial charge in [0, 0.05) is 8.07 Å². The number of rotatable bonds is 19. The van der Waals surface area contributed by atoms with Crippen molar-refractivity contribution in [1.82, 2.24) is 0 Å². The first-order valence-electron chi connectivity index (χ1n) is 14.9. The third-order valence-corrected chi connectivity index (χ3v) is 22.9. The molecular weight excluding hydrogens is 579 g/mol. The molecule has 0 unspecified atom stereocenters. The number of esters is 1. The molecule has 0 aliphatic carbocycles. The molecular formula is C32H60O3SiSn. The van der Waals surface area contributed by atoms with E-state index >= 15 is 0 Å². The zero-order chi connectivity index (χ0) is 28.5. The molecule has 37 heavy (non-hydrogen) atoms. The van der Waals surface area contributed by atoms with Gasteiger partial charge in [0.05, 0.1) is 6.61 Å². The molecule has 1 N–H and O–H groups in total. The maximum atomic E-state index is 12.3. The molecule has 0 fully saturated rings. The summed E-state index contributed by atoms with van der Waals surface area (Å²) >= 11 is -2.38. The van der Waals surface area contributed by atoms with Gasteiger partial charge in [0.1, 0.15) is 0 Å². The van der Waals surface area contributed by atoms with E-state index in [1.165, 1.54) is 51.8 Å². The molecule has 0 aromatic rings. The van der Waals surface area contributed by atoms with Gasteiger partial charge < -0.3 is 0 Å². The van der Waals surface area contributed by atoms with Gasteiger partial charge in [-0.2, -0.15) is 0 Å². The molecule has 0 spiro atoms. The zero-order valence-electron chi connectivity index (χ0n) is 26.1. The van der Waals surface area contributed by atoms with E-state index in [2.05, 4.69) is 76.6 Å². The average molecular weight is 640 g/mol. The van der Waals surface area contributed by atoms with Crippen LogP contribution >= 0.6 is 0 Å². The second kappa shape index (κ2) is 19.5. The molecule has 0 aromatic carbocycles. The summed E-state index contributed by atoms with van der Waals surface area (Å²) in [7, 11) is -1.21. The molecule has 0 heterocycles. The number of hydrogen-bond acceptors (Lipinski definition) is 3. The van der Waals surface area contributed by atoms with Gasteiger partial charge in [-0.1, -0.05) is 19.6 Å². The summed E-state index contributed by atoms with van der Waals surface area (Å²) in [6.07, 6.45) is 15.6. The Morgan fingerprint density at radius 2 is 1.41 bits per heavy atom. The van der Waals surface area contributed by atoms with E-state index in [0.717, 1.165) is 17.2 Å². The average Bonchev–Trinajstić information content (AvgIpc) is 2.81. The summed E-state index contributed by atoms with van der Waals surface area (Å²) in [6.45, 7) is 22.2. The molecule has 0 bridgehead atoms. The predicted molar refractivity (Wildman–Crippen MR) is 170 cm³/mol. The van der Waals surface area contributed by atoms with Crippen LogP contribution < -0.4 is 0 Å². The molecule has 0 aliphatic rings. The molecule has 5 heteroatoms. The topological polar surface area (TPSA) is 46.5 Å². The summed E-state index contributed by atoms with van der Waals surface area (Å²) in [6, 6.07) is 0.984. The van der Waals surface area contributed by atoms with E-state index in [1.807, 2.05) is 19.9 Å². The molecule has 3 nitrogen and oxygen atoms in total. The van der Waals surface area contributed by atoms with Crippen molar-refractivity contribution in [3.8, 4) is 0 Å². The molecule has 0 radical (unpaired) electrons. The van der Waals surface area contributed by atoms with Crippen molar-refractivity contribution in [3.63, 3.8) is 0 Å². The van der Waals surface area contributed by atoms with Gasteiger partial charge in [0.25, 0.3) is 0 Å². The minimum atomic E-state index is -2.38. The van der Waals surface area contributed by atoms with Gasteiger partial charge in [0.2, 0.25) is 0 Å². The van der Waals surface area contributed by atoms with Gasteiger partial charge in [0.15, 0.2) is 0 Å². The number of allylic oxidation sites excluding steroid dienone is 4. The minimum absolute atomic E-state index is 0.0458. The Hall–Kier alpha value is -0.594. The van der Waals surface area contributed by atoms with E-state index in [0.29, 0.717) is 12.2 Å². The van der Waals surface area contributed by atoms with Crippen LogP contribution in [-0.4, -0.2) is 50.2 Å². The molecule has 0 amide bonds. The van der Waals surface area contributed by atoms with Crippen LogP contribution in [0.1, 0.15) is 87.0 Å². The van der Waals surface area contributed by atoms with Crippen LogP contribution in [0.5, 0.6) is 0 Å². The van der Waals surface area contributed by atoms with Crippen molar-refractivity contribution in [2.75, 3.05) is 6.61 Å². The van der Waals surface area contributed by atoms with Gasteiger partial charge in [-0.25, -0.2) is 0 Å². The second-order valence-electron chi connectivity index (χ2n) is 12.5. The molecule has 214 valence electrons. The fraction of sp³-hybridized carbons (Fsp3) is 0.719. The van der Waals surface area contributed by atoms with Crippen LogP contribution in [0, 0.1) is 5.92 Å². The molecule has 0 rings (SSSR count). The number of hydrogen-bond donors (Lipinski definition) is 1. The summed E-state index contributed by atoms with van der Waals surface area (Å²) < 4.78 is 12.3. The number of aliphatic hydroxyl groups excluding tert-OH is 1. The standard InChI is InChI=1S/C20H33O3Si.3C4H9.Sn/c1-9-19(21)17(4)13-15(2)12-16(3)14-18(5)20(22)23-10-11-24(6,7)8;3*1-3-4-2;/h1,9,12-14,17,19,21H,10-11H2,2-8H3;3*1,3-4H2,2H3;/b9-1?,15-13+,16-12+,18-14+;;;;/t17-,19-;;;;/m1..../s1. The maximum absolute atomic E-state index is 12.3. The number of carbonyl (C=O) groups excluding carboxylic acids is 1. The monoisotopic (exact) mass is 640 g/mol. The Labute approximate surface area is 235 Å². The van der Waals surface area contributed by atoms with Crippen molar-refractivity contribution >= 4 is 32.4 Å².